The fourth-order valence-electron chi connectivity index (χ4n) is 1.85. The highest BCUT2D eigenvalue weighted by Gasteiger charge is 2.11. The van der Waals surface area contributed by atoms with Crippen LogP contribution in [-0.2, 0) is 11.3 Å². The summed E-state index contributed by atoms with van der Waals surface area (Å²) < 4.78 is 4.77. The molecule has 1 N–H and O–H groups in total. The average molecular weight is 291 g/mol. The van der Waals surface area contributed by atoms with E-state index in [2.05, 4.69) is 10.3 Å². The molecule has 0 atom stereocenters. The fraction of sp³-hybridized carbons (Fsp3) is 0.200. The second kappa shape index (κ2) is 6.39. The minimum absolute atomic E-state index is 0.351. The van der Waals surface area contributed by atoms with E-state index in [1.165, 1.54) is 7.11 Å². The Labute approximate surface area is 122 Å². The third-order valence-corrected chi connectivity index (χ3v) is 3.17. The van der Waals surface area contributed by atoms with Gasteiger partial charge in [0.1, 0.15) is 0 Å². The maximum absolute atomic E-state index is 11.7. The Bertz CT molecular complexity index is 629. The number of anilines is 1. The molecule has 2 aromatic rings. The second-order valence-electron chi connectivity index (χ2n) is 4.35. The molecule has 0 saturated carbocycles. The largest absolute Gasteiger partial charge is 0.465 e. The van der Waals surface area contributed by atoms with Gasteiger partial charge in [0.05, 0.1) is 18.4 Å². The normalized spacial score (nSPS) is 10.2. The van der Waals surface area contributed by atoms with Crippen LogP contribution in [0.1, 0.15) is 21.5 Å². The van der Waals surface area contributed by atoms with Crippen LogP contribution in [0.25, 0.3) is 0 Å². The first-order valence-electron chi connectivity index (χ1n) is 6.14. The van der Waals surface area contributed by atoms with E-state index in [0.29, 0.717) is 17.3 Å². The third-order valence-electron chi connectivity index (χ3n) is 2.87. The van der Waals surface area contributed by atoms with Gasteiger partial charge in [-0.2, -0.15) is 0 Å². The molecule has 1 aromatic carbocycles. The highest BCUT2D eigenvalue weighted by Crippen LogP contribution is 2.21. The summed E-state index contributed by atoms with van der Waals surface area (Å²) in [4.78, 5) is 15.8. The maximum atomic E-state index is 11.7. The molecule has 5 heteroatoms. The van der Waals surface area contributed by atoms with Crippen molar-refractivity contribution in [3.8, 4) is 0 Å². The van der Waals surface area contributed by atoms with Crippen LogP contribution in [0.15, 0.2) is 36.5 Å². The Morgan fingerprint density at radius 1 is 1.40 bits per heavy atom. The summed E-state index contributed by atoms with van der Waals surface area (Å²) in [6.07, 6.45) is 1.70. The Morgan fingerprint density at radius 3 is 2.90 bits per heavy atom. The number of aromatic nitrogens is 1. The molecule has 0 bridgehead atoms. The number of rotatable bonds is 4. The minimum Gasteiger partial charge on any atom is -0.465 e. The van der Waals surface area contributed by atoms with Gasteiger partial charge in [0, 0.05) is 12.7 Å². The lowest BCUT2D eigenvalue weighted by molar-refractivity contribution is 0.0599. The number of ether oxygens (including phenoxy) is 1. The van der Waals surface area contributed by atoms with Crippen LogP contribution in [0.4, 0.5) is 5.69 Å². The van der Waals surface area contributed by atoms with Crippen LogP contribution >= 0.6 is 11.6 Å². The third kappa shape index (κ3) is 3.27. The first-order valence-corrected chi connectivity index (χ1v) is 6.52. The molecular formula is C15H15ClN2O2. The minimum atomic E-state index is -0.351. The van der Waals surface area contributed by atoms with Crippen LogP contribution in [0.3, 0.4) is 0 Å². The van der Waals surface area contributed by atoms with E-state index in [1.807, 2.05) is 25.1 Å². The molecule has 1 heterocycles. The molecule has 2 rings (SSSR count). The van der Waals surface area contributed by atoms with E-state index >= 15 is 0 Å². The van der Waals surface area contributed by atoms with Crippen LogP contribution in [0.2, 0.25) is 5.15 Å². The van der Waals surface area contributed by atoms with Crippen molar-refractivity contribution in [3.63, 3.8) is 0 Å². The summed E-state index contributed by atoms with van der Waals surface area (Å²) in [6.45, 7) is 2.41. The zero-order valence-corrected chi connectivity index (χ0v) is 12.1. The van der Waals surface area contributed by atoms with Gasteiger partial charge in [0.15, 0.2) is 5.15 Å². The first-order chi connectivity index (χ1) is 9.61. The summed E-state index contributed by atoms with van der Waals surface area (Å²) in [5.74, 6) is -0.351. The van der Waals surface area contributed by atoms with E-state index in [4.69, 9.17) is 16.3 Å². The monoisotopic (exact) mass is 290 g/mol. The molecule has 104 valence electrons. The Hall–Kier alpha value is -2.07. The van der Waals surface area contributed by atoms with Crippen molar-refractivity contribution in [2.75, 3.05) is 12.4 Å². The predicted molar refractivity (Wildman–Crippen MR) is 79.1 cm³/mol. The molecule has 0 aliphatic carbocycles. The van der Waals surface area contributed by atoms with Gasteiger partial charge < -0.3 is 10.1 Å². The SMILES string of the molecule is COC(=O)c1ccccc1CNc1cc(C)cnc1Cl. The molecule has 0 amide bonds. The Morgan fingerprint density at radius 2 is 2.15 bits per heavy atom. The van der Waals surface area contributed by atoms with Crippen molar-refractivity contribution in [1.29, 1.82) is 0 Å². The fourth-order valence-corrected chi connectivity index (χ4v) is 2.02. The zero-order chi connectivity index (χ0) is 14.5. The summed E-state index contributed by atoms with van der Waals surface area (Å²) >= 11 is 6.03. The molecule has 0 unspecified atom stereocenters. The molecule has 0 fully saturated rings. The van der Waals surface area contributed by atoms with Crippen LogP contribution in [0.5, 0.6) is 0 Å². The highest BCUT2D eigenvalue weighted by atomic mass is 35.5. The highest BCUT2D eigenvalue weighted by molar-refractivity contribution is 6.31. The van der Waals surface area contributed by atoms with E-state index in [0.717, 1.165) is 16.8 Å². The number of nitrogens with one attached hydrogen (secondary N) is 1. The van der Waals surface area contributed by atoms with Gasteiger partial charge in [-0.1, -0.05) is 29.8 Å². The number of halogens is 1. The molecule has 4 nitrogen and oxygen atoms in total. The maximum Gasteiger partial charge on any atom is 0.338 e. The van der Waals surface area contributed by atoms with Gasteiger partial charge in [0.25, 0.3) is 0 Å². The van der Waals surface area contributed by atoms with Gasteiger partial charge in [-0.3, -0.25) is 0 Å². The Kier molecular flexibility index (Phi) is 4.58. The summed E-state index contributed by atoms with van der Waals surface area (Å²) in [7, 11) is 1.37. The number of aryl methyl sites for hydroxylation is 1. The summed E-state index contributed by atoms with van der Waals surface area (Å²) in [6, 6.07) is 9.20. The van der Waals surface area contributed by atoms with E-state index in [-0.39, 0.29) is 5.97 Å². The molecule has 0 aliphatic rings. The van der Waals surface area contributed by atoms with Gasteiger partial charge in [0.2, 0.25) is 0 Å². The smallest absolute Gasteiger partial charge is 0.338 e. The first kappa shape index (κ1) is 14.3. The lowest BCUT2D eigenvalue weighted by Crippen LogP contribution is -2.09. The van der Waals surface area contributed by atoms with E-state index in [9.17, 15) is 4.79 Å². The van der Waals surface area contributed by atoms with Crippen molar-refractivity contribution in [2.24, 2.45) is 0 Å². The van der Waals surface area contributed by atoms with Crippen LogP contribution < -0.4 is 5.32 Å². The van der Waals surface area contributed by atoms with Crippen molar-refractivity contribution in [1.82, 2.24) is 4.98 Å². The summed E-state index contributed by atoms with van der Waals surface area (Å²) in [5.41, 5.74) is 3.14. The van der Waals surface area contributed by atoms with Crippen LogP contribution in [0, 0.1) is 6.92 Å². The second-order valence-corrected chi connectivity index (χ2v) is 4.71. The molecule has 1 aromatic heterocycles. The number of nitrogens with zero attached hydrogens (tertiary/aromatic N) is 1. The van der Waals surface area contributed by atoms with Gasteiger partial charge in [-0.05, 0) is 30.2 Å². The van der Waals surface area contributed by atoms with Gasteiger partial charge in [-0.15, -0.1) is 0 Å². The number of esters is 1. The molecule has 0 saturated heterocycles. The van der Waals surface area contributed by atoms with Gasteiger partial charge >= 0.3 is 5.97 Å². The number of carbonyl (C=O) groups excluding carboxylic acids is 1. The van der Waals surface area contributed by atoms with Crippen LogP contribution in [-0.4, -0.2) is 18.1 Å². The molecule has 0 spiro atoms. The average Bonchev–Trinajstić information content (AvgIpc) is 2.47. The van der Waals surface area contributed by atoms with E-state index in [1.54, 1.807) is 18.3 Å². The standard InChI is InChI=1S/C15H15ClN2O2/c1-10-7-13(14(16)18-8-10)17-9-11-5-3-4-6-12(11)15(19)20-2/h3-8,17H,9H2,1-2H3. The number of carbonyl (C=O) groups is 1. The quantitative estimate of drug-likeness (QED) is 0.692. The van der Waals surface area contributed by atoms with Crippen molar-refractivity contribution in [3.05, 3.63) is 58.4 Å². The number of hydrogen-bond donors (Lipinski definition) is 1. The molecule has 0 aliphatic heterocycles. The van der Waals surface area contributed by atoms with E-state index < -0.39 is 0 Å². The van der Waals surface area contributed by atoms with Crippen molar-refractivity contribution in [2.45, 2.75) is 13.5 Å². The predicted octanol–water partition coefficient (Wildman–Crippen LogP) is 3.44. The zero-order valence-electron chi connectivity index (χ0n) is 11.3. The molecular weight excluding hydrogens is 276 g/mol. The number of hydrogen-bond acceptors (Lipinski definition) is 4. The topological polar surface area (TPSA) is 51.2 Å². The number of benzene rings is 1. The molecule has 0 radical (unpaired) electrons. The van der Waals surface area contributed by atoms with Crippen molar-refractivity contribution >= 4 is 23.3 Å². The van der Waals surface area contributed by atoms with Crippen molar-refractivity contribution < 1.29 is 9.53 Å². The lowest BCUT2D eigenvalue weighted by atomic mass is 10.1. The Balaban J connectivity index is 2.19. The summed E-state index contributed by atoms with van der Waals surface area (Å²) in [5, 5.41) is 3.60. The molecule has 20 heavy (non-hydrogen) atoms. The van der Waals surface area contributed by atoms with Gasteiger partial charge in [-0.25, -0.2) is 9.78 Å². The lowest BCUT2D eigenvalue weighted by Gasteiger charge is -2.11. The number of methoxy groups -OCH3 is 1. The number of pyridine rings is 1.